The van der Waals surface area contributed by atoms with Gasteiger partial charge in [-0.05, 0) is 42.5 Å². The second-order valence-corrected chi connectivity index (χ2v) is 6.01. The molecule has 27 heavy (non-hydrogen) atoms. The molecule has 9 heteroatoms. The Balaban J connectivity index is 1.72. The summed E-state index contributed by atoms with van der Waals surface area (Å²) < 4.78 is 5.58. The summed E-state index contributed by atoms with van der Waals surface area (Å²) in [6.45, 7) is 0. The number of halogens is 2. The van der Waals surface area contributed by atoms with E-state index >= 15 is 0 Å². The molecule has 0 aliphatic carbocycles. The van der Waals surface area contributed by atoms with Crippen LogP contribution in [-0.2, 0) is 0 Å². The van der Waals surface area contributed by atoms with Crippen molar-refractivity contribution in [2.75, 3.05) is 0 Å². The number of carbonyl (C=O) groups excluding carboxylic acids is 1. The first kappa shape index (κ1) is 18.6. The highest BCUT2D eigenvalue weighted by molar-refractivity contribution is 6.33. The lowest BCUT2D eigenvalue weighted by molar-refractivity contribution is 0.0697. The van der Waals surface area contributed by atoms with E-state index in [1.165, 1.54) is 30.6 Å². The number of carboxylic acids is 1. The van der Waals surface area contributed by atoms with Crippen molar-refractivity contribution in [3.63, 3.8) is 0 Å². The van der Waals surface area contributed by atoms with Crippen molar-refractivity contribution in [3.05, 3.63) is 75.7 Å². The van der Waals surface area contributed by atoms with Crippen LogP contribution >= 0.6 is 23.2 Å². The highest BCUT2D eigenvalue weighted by atomic mass is 35.5. The molecule has 0 aliphatic rings. The number of hydrazone groups is 1. The first-order valence-electron chi connectivity index (χ1n) is 7.52. The smallest absolute Gasteiger partial charge is 0.337 e. The number of hydrogen-bond donors (Lipinski definition) is 2. The summed E-state index contributed by atoms with van der Waals surface area (Å²) in [5.74, 6) is -0.862. The molecule has 1 amide bonds. The zero-order valence-electron chi connectivity index (χ0n) is 13.5. The van der Waals surface area contributed by atoms with Crippen LogP contribution in [0.2, 0.25) is 10.2 Å². The maximum Gasteiger partial charge on any atom is 0.337 e. The molecule has 0 atom stereocenters. The Bertz CT molecular complexity index is 1050. The molecule has 3 aromatic rings. The lowest BCUT2D eigenvalue weighted by atomic mass is 10.1. The first-order valence-corrected chi connectivity index (χ1v) is 8.28. The standard InChI is InChI=1S/C18H11Cl2N3O4/c19-14-5-3-10(8-13(14)18(25)26)15-6-4-11(27-15)9-22-23-17(24)12-2-1-7-21-16(12)20/h1-9H,(H,23,24)(H,25,26). The van der Waals surface area contributed by atoms with Crippen LogP contribution in [0, 0.1) is 0 Å². The maximum absolute atomic E-state index is 12.0. The summed E-state index contributed by atoms with van der Waals surface area (Å²) in [6.07, 6.45) is 2.78. The Morgan fingerprint density at radius 1 is 1.15 bits per heavy atom. The normalized spacial score (nSPS) is 10.9. The van der Waals surface area contributed by atoms with Crippen molar-refractivity contribution >= 4 is 41.3 Å². The van der Waals surface area contributed by atoms with E-state index in [0.717, 1.165) is 0 Å². The van der Waals surface area contributed by atoms with Crippen LogP contribution in [0.4, 0.5) is 0 Å². The summed E-state index contributed by atoms with van der Waals surface area (Å²) in [4.78, 5) is 26.9. The molecule has 2 heterocycles. The fraction of sp³-hybridized carbons (Fsp3) is 0. The van der Waals surface area contributed by atoms with E-state index < -0.39 is 11.9 Å². The van der Waals surface area contributed by atoms with Gasteiger partial charge in [0.05, 0.1) is 22.4 Å². The van der Waals surface area contributed by atoms with Gasteiger partial charge < -0.3 is 9.52 Å². The molecular formula is C18H11Cl2N3O4. The Kier molecular flexibility index (Phi) is 5.54. The molecule has 0 aliphatic heterocycles. The predicted octanol–water partition coefficient (Wildman–Crippen LogP) is 4.11. The average molecular weight is 404 g/mol. The monoisotopic (exact) mass is 403 g/mol. The number of aromatic carboxylic acids is 1. The van der Waals surface area contributed by atoms with Gasteiger partial charge in [-0.3, -0.25) is 4.79 Å². The summed E-state index contributed by atoms with van der Waals surface area (Å²) >= 11 is 11.7. The van der Waals surface area contributed by atoms with Crippen LogP contribution in [-0.4, -0.2) is 28.2 Å². The van der Waals surface area contributed by atoms with Crippen molar-refractivity contribution in [3.8, 4) is 11.3 Å². The van der Waals surface area contributed by atoms with E-state index in [-0.39, 0.29) is 21.3 Å². The molecule has 136 valence electrons. The number of benzene rings is 1. The van der Waals surface area contributed by atoms with Gasteiger partial charge in [-0.1, -0.05) is 23.2 Å². The van der Waals surface area contributed by atoms with E-state index in [0.29, 0.717) is 17.1 Å². The quantitative estimate of drug-likeness (QED) is 0.378. The summed E-state index contributed by atoms with van der Waals surface area (Å²) in [5, 5.41) is 13.1. The molecule has 1 aromatic carbocycles. The lowest BCUT2D eigenvalue weighted by Gasteiger charge is -2.02. The van der Waals surface area contributed by atoms with Crippen LogP contribution in [0.1, 0.15) is 26.5 Å². The number of rotatable bonds is 5. The molecule has 2 N–H and O–H groups in total. The van der Waals surface area contributed by atoms with E-state index in [9.17, 15) is 9.59 Å². The van der Waals surface area contributed by atoms with Crippen molar-refractivity contribution in [2.24, 2.45) is 5.10 Å². The number of carbonyl (C=O) groups is 2. The molecule has 0 saturated heterocycles. The Morgan fingerprint density at radius 2 is 1.96 bits per heavy atom. The second-order valence-electron chi connectivity index (χ2n) is 5.24. The Morgan fingerprint density at radius 3 is 2.70 bits per heavy atom. The topological polar surface area (TPSA) is 105 Å². The van der Waals surface area contributed by atoms with Crippen LogP contribution in [0.5, 0.6) is 0 Å². The van der Waals surface area contributed by atoms with Gasteiger partial charge in [0.25, 0.3) is 5.91 Å². The van der Waals surface area contributed by atoms with Crippen LogP contribution in [0.15, 0.2) is 58.2 Å². The van der Waals surface area contributed by atoms with E-state index in [1.807, 2.05) is 0 Å². The molecule has 0 saturated carbocycles. The third-order valence-electron chi connectivity index (χ3n) is 3.47. The Hall–Kier alpha value is -3.16. The van der Waals surface area contributed by atoms with Crippen molar-refractivity contribution in [1.29, 1.82) is 0 Å². The van der Waals surface area contributed by atoms with Gasteiger partial charge >= 0.3 is 5.97 Å². The third kappa shape index (κ3) is 4.33. The second kappa shape index (κ2) is 8.03. The molecule has 0 bridgehead atoms. The van der Waals surface area contributed by atoms with Gasteiger partial charge in [-0.25, -0.2) is 15.2 Å². The average Bonchev–Trinajstić information content (AvgIpc) is 3.11. The van der Waals surface area contributed by atoms with Crippen molar-refractivity contribution < 1.29 is 19.1 Å². The van der Waals surface area contributed by atoms with Crippen LogP contribution in [0.25, 0.3) is 11.3 Å². The van der Waals surface area contributed by atoms with Gasteiger partial charge in [0.15, 0.2) is 0 Å². The molecule has 7 nitrogen and oxygen atoms in total. The maximum atomic E-state index is 12.0. The fourth-order valence-electron chi connectivity index (χ4n) is 2.19. The molecule has 0 fully saturated rings. The van der Waals surface area contributed by atoms with Gasteiger partial charge in [-0.2, -0.15) is 5.10 Å². The minimum atomic E-state index is -1.13. The molecule has 0 unspecified atom stereocenters. The van der Waals surface area contributed by atoms with Crippen LogP contribution < -0.4 is 5.43 Å². The van der Waals surface area contributed by atoms with Gasteiger partial charge in [0, 0.05) is 11.8 Å². The van der Waals surface area contributed by atoms with Gasteiger partial charge in [-0.15, -0.1) is 0 Å². The number of hydrogen-bond acceptors (Lipinski definition) is 5. The number of furan rings is 1. The number of amides is 1. The molecule has 0 spiro atoms. The number of nitrogens with zero attached hydrogens (tertiary/aromatic N) is 2. The van der Waals surface area contributed by atoms with E-state index in [2.05, 4.69) is 15.5 Å². The molecule has 0 radical (unpaired) electrons. The van der Waals surface area contributed by atoms with Crippen molar-refractivity contribution in [1.82, 2.24) is 10.4 Å². The zero-order chi connectivity index (χ0) is 19.4. The fourth-order valence-corrected chi connectivity index (χ4v) is 2.59. The van der Waals surface area contributed by atoms with Crippen LogP contribution in [0.3, 0.4) is 0 Å². The SMILES string of the molecule is O=C(O)c1cc(-c2ccc(C=NNC(=O)c3cccnc3Cl)o2)ccc1Cl. The van der Waals surface area contributed by atoms with Crippen molar-refractivity contribution in [2.45, 2.75) is 0 Å². The third-order valence-corrected chi connectivity index (χ3v) is 4.10. The van der Waals surface area contributed by atoms with Gasteiger partial charge in [0.1, 0.15) is 16.7 Å². The highest BCUT2D eigenvalue weighted by Gasteiger charge is 2.12. The Labute approximate surface area is 163 Å². The minimum Gasteiger partial charge on any atom is -0.478 e. The molecular weight excluding hydrogens is 393 g/mol. The molecule has 2 aromatic heterocycles. The van der Waals surface area contributed by atoms with Gasteiger partial charge in [0.2, 0.25) is 0 Å². The summed E-state index contributed by atoms with van der Waals surface area (Å²) in [7, 11) is 0. The van der Waals surface area contributed by atoms with E-state index in [4.69, 9.17) is 32.7 Å². The largest absolute Gasteiger partial charge is 0.478 e. The summed E-state index contributed by atoms with van der Waals surface area (Å²) in [5.41, 5.74) is 3.03. The first-order chi connectivity index (χ1) is 13.0. The zero-order valence-corrected chi connectivity index (χ0v) is 15.0. The minimum absolute atomic E-state index is 0.0265. The van der Waals surface area contributed by atoms with E-state index in [1.54, 1.807) is 24.3 Å². The molecule has 3 rings (SSSR count). The number of carboxylic acid groups (broad SMARTS) is 1. The predicted molar refractivity (Wildman–Crippen MR) is 100 cm³/mol. The lowest BCUT2D eigenvalue weighted by Crippen LogP contribution is -2.18. The number of pyridine rings is 1. The summed E-state index contributed by atoms with van der Waals surface area (Å²) in [6, 6.07) is 10.9. The number of nitrogens with one attached hydrogen (secondary N) is 1. The highest BCUT2D eigenvalue weighted by Crippen LogP contribution is 2.26. The number of aromatic nitrogens is 1.